The van der Waals surface area contributed by atoms with Gasteiger partial charge in [0, 0.05) is 6.54 Å². The van der Waals surface area contributed by atoms with E-state index >= 15 is 0 Å². The van der Waals surface area contributed by atoms with E-state index in [1.54, 1.807) is 6.07 Å². The van der Waals surface area contributed by atoms with Gasteiger partial charge in [-0.1, -0.05) is 42.6 Å². The summed E-state index contributed by atoms with van der Waals surface area (Å²) >= 11 is 17.4. The first-order valence-electron chi connectivity index (χ1n) is 7.95. The van der Waals surface area contributed by atoms with Crippen LogP contribution >= 0.6 is 35.4 Å². The number of rotatable bonds is 6. The summed E-state index contributed by atoms with van der Waals surface area (Å²) in [5, 5.41) is 12.8. The van der Waals surface area contributed by atoms with Crippen molar-refractivity contribution in [3.8, 4) is 0 Å². The van der Waals surface area contributed by atoms with Gasteiger partial charge in [-0.2, -0.15) is 5.10 Å². The van der Waals surface area contributed by atoms with Gasteiger partial charge < -0.3 is 10.6 Å². The summed E-state index contributed by atoms with van der Waals surface area (Å²) in [6.45, 7) is 7.64. The number of hydrogen-bond donors (Lipinski definition) is 2. The van der Waals surface area contributed by atoms with Crippen LogP contribution in [0.15, 0.2) is 18.2 Å². The fraction of sp³-hybridized carbons (Fsp3) is 0.412. The molecule has 0 saturated carbocycles. The first kappa shape index (κ1) is 19.0. The molecule has 4 nitrogen and oxygen atoms in total. The number of unbranched alkanes of at least 4 members (excludes halogenated alkanes) is 1. The molecule has 0 aliphatic rings. The lowest BCUT2D eigenvalue weighted by Gasteiger charge is -2.11. The third-order valence-electron chi connectivity index (χ3n) is 3.75. The Kier molecular flexibility index (Phi) is 6.90. The molecule has 0 radical (unpaired) electrons. The molecule has 1 heterocycles. The van der Waals surface area contributed by atoms with Crippen LogP contribution in [0.5, 0.6) is 0 Å². The Balaban J connectivity index is 2.10. The van der Waals surface area contributed by atoms with Crippen LogP contribution in [-0.4, -0.2) is 21.4 Å². The molecule has 0 aliphatic carbocycles. The van der Waals surface area contributed by atoms with Gasteiger partial charge in [0.15, 0.2) is 5.11 Å². The highest BCUT2D eigenvalue weighted by atomic mass is 35.5. The number of aryl methyl sites for hydroxylation is 1. The predicted octanol–water partition coefficient (Wildman–Crippen LogP) is 4.94. The summed E-state index contributed by atoms with van der Waals surface area (Å²) in [4.78, 5) is 0. The quantitative estimate of drug-likeness (QED) is 0.546. The number of aromatic nitrogens is 2. The van der Waals surface area contributed by atoms with Gasteiger partial charge in [0.05, 0.1) is 33.7 Å². The molecule has 1 aromatic carbocycles. The minimum atomic E-state index is 0.551. The van der Waals surface area contributed by atoms with Crippen LogP contribution in [0.4, 0.5) is 5.69 Å². The smallest absolute Gasteiger partial charge is 0.170 e. The lowest BCUT2D eigenvalue weighted by atomic mass is 10.2. The third-order valence-corrected chi connectivity index (χ3v) is 4.74. The normalized spacial score (nSPS) is 10.7. The van der Waals surface area contributed by atoms with Crippen molar-refractivity contribution in [1.82, 2.24) is 15.1 Å². The summed E-state index contributed by atoms with van der Waals surface area (Å²) in [5.74, 6) is 0. The second-order valence-electron chi connectivity index (χ2n) is 5.69. The molecule has 2 aromatic rings. The van der Waals surface area contributed by atoms with Gasteiger partial charge in [-0.3, -0.25) is 4.68 Å². The number of nitrogens with one attached hydrogen (secondary N) is 2. The van der Waals surface area contributed by atoms with Crippen molar-refractivity contribution in [3.05, 3.63) is 45.2 Å². The molecule has 2 N–H and O–H groups in total. The molecule has 24 heavy (non-hydrogen) atoms. The van der Waals surface area contributed by atoms with Crippen LogP contribution in [0.2, 0.25) is 10.0 Å². The SMILES string of the molecule is CCCCNC(=S)Nc1c(C)nn(Cc2ccc(Cl)c(Cl)c2)c1C. The maximum absolute atomic E-state index is 6.09. The lowest BCUT2D eigenvalue weighted by molar-refractivity contribution is 0.659. The predicted molar refractivity (Wildman–Crippen MR) is 106 cm³/mol. The lowest BCUT2D eigenvalue weighted by Crippen LogP contribution is -2.29. The van der Waals surface area contributed by atoms with Crippen LogP contribution in [0.3, 0.4) is 0 Å². The van der Waals surface area contributed by atoms with E-state index < -0.39 is 0 Å². The number of nitrogens with zero attached hydrogens (tertiary/aromatic N) is 2. The van der Waals surface area contributed by atoms with E-state index in [0.29, 0.717) is 21.7 Å². The second-order valence-corrected chi connectivity index (χ2v) is 6.91. The van der Waals surface area contributed by atoms with E-state index in [0.717, 1.165) is 42.0 Å². The molecule has 0 atom stereocenters. The first-order valence-corrected chi connectivity index (χ1v) is 9.11. The van der Waals surface area contributed by atoms with Gasteiger partial charge in [-0.05, 0) is 50.2 Å². The van der Waals surface area contributed by atoms with E-state index in [2.05, 4.69) is 22.7 Å². The van der Waals surface area contributed by atoms with Crippen LogP contribution in [0, 0.1) is 13.8 Å². The Labute approximate surface area is 158 Å². The van der Waals surface area contributed by atoms with E-state index in [9.17, 15) is 0 Å². The van der Waals surface area contributed by atoms with E-state index in [4.69, 9.17) is 35.4 Å². The third kappa shape index (κ3) is 4.85. The molecule has 7 heteroatoms. The molecule has 130 valence electrons. The number of thiocarbonyl (C=S) groups is 1. The van der Waals surface area contributed by atoms with Crippen LogP contribution < -0.4 is 10.6 Å². The molecule has 2 rings (SSSR count). The Hall–Kier alpha value is -1.30. The fourth-order valence-electron chi connectivity index (χ4n) is 2.38. The minimum absolute atomic E-state index is 0.551. The summed E-state index contributed by atoms with van der Waals surface area (Å²) < 4.78 is 1.94. The van der Waals surface area contributed by atoms with E-state index in [-0.39, 0.29) is 0 Å². The average molecular weight is 385 g/mol. The van der Waals surface area contributed by atoms with Gasteiger partial charge in [0.2, 0.25) is 0 Å². The van der Waals surface area contributed by atoms with Crippen LogP contribution in [-0.2, 0) is 6.54 Å². The summed E-state index contributed by atoms with van der Waals surface area (Å²) in [7, 11) is 0. The average Bonchev–Trinajstić information content (AvgIpc) is 2.79. The fourth-order valence-corrected chi connectivity index (χ4v) is 2.90. The highest BCUT2D eigenvalue weighted by Gasteiger charge is 2.13. The number of halogens is 2. The topological polar surface area (TPSA) is 41.9 Å². The Morgan fingerprint density at radius 1 is 1.25 bits per heavy atom. The van der Waals surface area contributed by atoms with Crippen LogP contribution in [0.25, 0.3) is 0 Å². The molecule has 0 spiro atoms. The second kappa shape index (κ2) is 8.70. The highest BCUT2D eigenvalue weighted by Crippen LogP contribution is 2.25. The largest absolute Gasteiger partial charge is 0.362 e. The molecule has 0 bridgehead atoms. The molecule has 0 unspecified atom stereocenters. The molecule has 0 saturated heterocycles. The number of anilines is 1. The van der Waals surface area contributed by atoms with E-state index in [1.165, 1.54) is 0 Å². The summed E-state index contributed by atoms with van der Waals surface area (Å²) in [5.41, 5.74) is 3.93. The number of benzene rings is 1. The van der Waals surface area contributed by atoms with Crippen molar-refractivity contribution >= 4 is 46.2 Å². The van der Waals surface area contributed by atoms with Crippen molar-refractivity contribution < 1.29 is 0 Å². The molecule has 0 amide bonds. The standard InChI is InChI=1S/C17H22Cl2N4S/c1-4-5-8-20-17(24)21-16-11(2)22-23(12(16)3)10-13-6-7-14(18)15(19)9-13/h6-7,9H,4-5,8,10H2,1-3H3,(H2,20,21,24). The summed E-state index contributed by atoms with van der Waals surface area (Å²) in [6, 6.07) is 5.62. The maximum Gasteiger partial charge on any atom is 0.170 e. The van der Waals surface area contributed by atoms with Gasteiger partial charge in [0.25, 0.3) is 0 Å². The van der Waals surface area contributed by atoms with Crippen molar-refractivity contribution in [3.63, 3.8) is 0 Å². The molecular weight excluding hydrogens is 363 g/mol. The Bertz CT molecular complexity index is 728. The number of hydrogen-bond acceptors (Lipinski definition) is 2. The Morgan fingerprint density at radius 2 is 2.00 bits per heavy atom. The molecular formula is C17H22Cl2N4S. The maximum atomic E-state index is 6.09. The van der Waals surface area contributed by atoms with Gasteiger partial charge in [-0.15, -0.1) is 0 Å². The zero-order valence-electron chi connectivity index (χ0n) is 14.1. The monoisotopic (exact) mass is 384 g/mol. The molecule has 0 aliphatic heterocycles. The zero-order valence-corrected chi connectivity index (χ0v) is 16.4. The van der Waals surface area contributed by atoms with Crippen molar-refractivity contribution in [2.24, 2.45) is 0 Å². The van der Waals surface area contributed by atoms with Gasteiger partial charge in [-0.25, -0.2) is 0 Å². The van der Waals surface area contributed by atoms with E-state index in [1.807, 2.05) is 30.7 Å². The molecule has 1 aromatic heterocycles. The minimum Gasteiger partial charge on any atom is -0.362 e. The molecule has 0 fully saturated rings. The summed E-state index contributed by atoms with van der Waals surface area (Å²) in [6.07, 6.45) is 2.23. The van der Waals surface area contributed by atoms with Crippen molar-refractivity contribution in [2.75, 3.05) is 11.9 Å². The first-order chi connectivity index (χ1) is 11.4. The highest BCUT2D eigenvalue weighted by molar-refractivity contribution is 7.80. The zero-order chi connectivity index (χ0) is 17.7. The van der Waals surface area contributed by atoms with Crippen molar-refractivity contribution in [1.29, 1.82) is 0 Å². The Morgan fingerprint density at radius 3 is 2.67 bits per heavy atom. The van der Waals surface area contributed by atoms with Gasteiger partial charge >= 0.3 is 0 Å². The van der Waals surface area contributed by atoms with Crippen molar-refractivity contribution in [2.45, 2.75) is 40.2 Å². The van der Waals surface area contributed by atoms with Crippen LogP contribution in [0.1, 0.15) is 36.7 Å². The van der Waals surface area contributed by atoms with Gasteiger partial charge in [0.1, 0.15) is 0 Å².